The van der Waals surface area contributed by atoms with Gasteiger partial charge in [0.2, 0.25) is 0 Å². The number of rotatable bonds is 3. The molecule has 0 saturated carbocycles. The molecule has 1 unspecified atom stereocenters. The maximum Gasteiger partial charge on any atom is 0.259 e. The molecule has 7 nitrogen and oxygen atoms in total. The number of halogens is 1. The minimum Gasteiger partial charge on any atom is -0.496 e. The average molecular weight is 337 g/mol. The van der Waals surface area contributed by atoms with Crippen molar-refractivity contribution in [1.82, 2.24) is 20.3 Å². The Morgan fingerprint density at radius 3 is 3.04 bits per heavy atom. The van der Waals surface area contributed by atoms with Crippen LogP contribution < -0.4 is 4.74 Å². The number of nitrogens with one attached hydrogen (secondary N) is 1. The van der Waals surface area contributed by atoms with E-state index in [2.05, 4.69) is 15.4 Å². The highest BCUT2D eigenvalue weighted by Crippen LogP contribution is 2.33. The Bertz CT molecular complexity index is 707. The van der Waals surface area contributed by atoms with E-state index in [0.29, 0.717) is 41.4 Å². The number of nitrogens with zero attached hydrogens (tertiary/aromatic N) is 3. The van der Waals surface area contributed by atoms with E-state index in [1.807, 2.05) is 0 Å². The van der Waals surface area contributed by atoms with Crippen LogP contribution in [0.25, 0.3) is 0 Å². The molecule has 1 saturated heterocycles. The summed E-state index contributed by atoms with van der Waals surface area (Å²) in [4.78, 5) is 14.4. The highest BCUT2D eigenvalue weighted by Gasteiger charge is 2.39. The fraction of sp³-hybridized carbons (Fsp3) is 0.400. The highest BCUT2D eigenvalue weighted by atomic mass is 35.5. The molecule has 0 radical (unpaired) electrons. The van der Waals surface area contributed by atoms with Crippen molar-refractivity contribution < 1.29 is 14.6 Å². The molecule has 1 amide bonds. The Morgan fingerprint density at radius 2 is 2.35 bits per heavy atom. The molecular formula is C15H17ClN4O3. The quantitative estimate of drug-likeness (QED) is 0.888. The number of hydrogen-bond donors (Lipinski definition) is 2. The van der Waals surface area contributed by atoms with Crippen molar-refractivity contribution >= 4 is 17.5 Å². The first-order valence-corrected chi connectivity index (χ1v) is 7.63. The lowest BCUT2D eigenvalue weighted by Crippen LogP contribution is -2.48. The molecule has 0 aliphatic carbocycles. The van der Waals surface area contributed by atoms with Crippen LogP contribution in [-0.4, -0.2) is 51.5 Å². The third-order valence-electron chi connectivity index (χ3n) is 4.06. The Kier molecular flexibility index (Phi) is 4.23. The summed E-state index contributed by atoms with van der Waals surface area (Å²) < 4.78 is 5.24. The van der Waals surface area contributed by atoms with Gasteiger partial charge in [0.15, 0.2) is 0 Å². The first kappa shape index (κ1) is 15.8. The topological polar surface area (TPSA) is 91.3 Å². The number of methoxy groups -OCH3 is 1. The molecule has 1 aromatic heterocycles. The summed E-state index contributed by atoms with van der Waals surface area (Å²) in [5, 5.41) is 21.3. The maximum absolute atomic E-state index is 12.9. The van der Waals surface area contributed by atoms with Crippen LogP contribution in [-0.2, 0) is 5.60 Å². The molecule has 1 aliphatic rings. The van der Waals surface area contributed by atoms with Crippen molar-refractivity contribution in [2.24, 2.45) is 0 Å². The van der Waals surface area contributed by atoms with Crippen molar-refractivity contribution in [3.05, 3.63) is 40.7 Å². The zero-order valence-corrected chi connectivity index (χ0v) is 13.4. The lowest BCUT2D eigenvalue weighted by molar-refractivity contribution is -0.0321. The first-order chi connectivity index (χ1) is 11.0. The molecule has 1 aromatic carbocycles. The molecule has 1 fully saturated rings. The predicted octanol–water partition coefficient (Wildman–Crippen LogP) is 1.59. The molecule has 2 heterocycles. The van der Waals surface area contributed by atoms with Gasteiger partial charge in [0.05, 0.1) is 24.9 Å². The van der Waals surface area contributed by atoms with Gasteiger partial charge in [0.25, 0.3) is 5.91 Å². The fourth-order valence-electron chi connectivity index (χ4n) is 2.88. The number of likely N-dealkylation sites (tertiary alicyclic amines) is 1. The van der Waals surface area contributed by atoms with E-state index < -0.39 is 5.60 Å². The predicted molar refractivity (Wildman–Crippen MR) is 83.4 cm³/mol. The van der Waals surface area contributed by atoms with Crippen LogP contribution in [0, 0.1) is 0 Å². The van der Waals surface area contributed by atoms with Gasteiger partial charge >= 0.3 is 0 Å². The number of aromatic amines is 1. The standard InChI is InChI=1S/C15H17ClN4O3/c1-23-11-5-2-4-10(16)13(11)14(21)20-7-3-6-15(22,9-20)12-8-17-19-18-12/h2,4-5,8,22H,3,6-7,9H2,1H3,(H,17,18,19). The lowest BCUT2D eigenvalue weighted by atomic mass is 9.89. The SMILES string of the molecule is COc1cccc(Cl)c1C(=O)N1CCCC(O)(c2cn[nH]n2)C1. The molecule has 3 rings (SSSR count). The third kappa shape index (κ3) is 2.89. The van der Waals surface area contributed by atoms with E-state index >= 15 is 0 Å². The van der Waals surface area contributed by atoms with Crippen molar-refractivity contribution in [1.29, 1.82) is 0 Å². The zero-order valence-electron chi connectivity index (χ0n) is 12.6. The van der Waals surface area contributed by atoms with Crippen molar-refractivity contribution in [3.63, 3.8) is 0 Å². The Labute approximate surface area is 138 Å². The summed E-state index contributed by atoms with van der Waals surface area (Å²) in [7, 11) is 1.49. The second kappa shape index (κ2) is 6.17. The summed E-state index contributed by atoms with van der Waals surface area (Å²) in [5.41, 5.74) is -0.475. The van der Waals surface area contributed by atoms with Crippen LogP contribution in [0.15, 0.2) is 24.4 Å². The fourth-order valence-corrected chi connectivity index (χ4v) is 3.13. The van der Waals surface area contributed by atoms with E-state index in [9.17, 15) is 9.90 Å². The number of aliphatic hydroxyl groups is 1. The highest BCUT2D eigenvalue weighted by molar-refractivity contribution is 6.34. The minimum atomic E-state index is -1.21. The summed E-state index contributed by atoms with van der Waals surface area (Å²) >= 11 is 6.18. The molecule has 2 aromatic rings. The van der Waals surface area contributed by atoms with Gasteiger partial charge in [-0.1, -0.05) is 17.7 Å². The van der Waals surface area contributed by atoms with Crippen LogP contribution in [0.4, 0.5) is 0 Å². The molecule has 1 aliphatic heterocycles. The van der Waals surface area contributed by atoms with Gasteiger partial charge in [-0.2, -0.15) is 15.4 Å². The Balaban J connectivity index is 1.89. The first-order valence-electron chi connectivity index (χ1n) is 7.25. The van der Waals surface area contributed by atoms with Gasteiger partial charge in [-0.05, 0) is 25.0 Å². The smallest absolute Gasteiger partial charge is 0.259 e. The summed E-state index contributed by atoms with van der Waals surface area (Å²) in [5.74, 6) is 0.145. The number of ether oxygens (including phenoxy) is 1. The molecule has 0 spiro atoms. The number of hydrogen-bond acceptors (Lipinski definition) is 5. The van der Waals surface area contributed by atoms with E-state index in [1.165, 1.54) is 13.3 Å². The van der Waals surface area contributed by atoms with Crippen molar-refractivity contribution in [2.75, 3.05) is 20.2 Å². The number of piperidine rings is 1. The second-order valence-electron chi connectivity index (χ2n) is 5.53. The van der Waals surface area contributed by atoms with Crippen LogP contribution >= 0.6 is 11.6 Å². The lowest BCUT2D eigenvalue weighted by Gasteiger charge is -2.38. The number of carbonyl (C=O) groups excluding carboxylic acids is 1. The summed E-state index contributed by atoms with van der Waals surface area (Å²) in [6, 6.07) is 5.05. The summed E-state index contributed by atoms with van der Waals surface area (Å²) in [6.07, 6.45) is 2.65. The van der Waals surface area contributed by atoms with Crippen molar-refractivity contribution in [3.8, 4) is 5.75 Å². The van der Waals surface area contributed by atoms with Gasteiger partial charge < -0.3 is 14.7 Å². The molecule has 122 valence electrons. The van der Waals surface area contributed by atoms with Crippen LogP contribution in [0.3, 0.4) is 0 Å². The average Bonchev–Trinajstić information content (AvgIpc) is 3.09. The van der Waals surface area contributed by atoms with E-state index in [-0.39, 0.29) is 12.5 Å². The molecule has 2 N–H and O–H groups in total. The molecule has 23 heavy (non-hydrogen) atoms. The zero-order chi connectivity index (χ0) is 16.4. The molecule has 8 heteroatoms. The van der Waals surface area contributed by atoms with Crippen LogP contribution in [0.1, 0.15) is 28.9 Å². The van der Waals surface area contributed by atoms with E-state index in [4.69, 9.17) is 16.3 Å². The van der Waals surface area contributed by atoms with E-state index in [1.54, 1.807) is 23.1 Å². The number of amides is 1. The summed E-state index contributed by atoms with van der Waals surface area (Å²) in [6.45, 7) is 0.667. The molecule has 1 atom stereocenters. The number of H-pyrrole nitrogens is 1. The van der Waals surface area contributed by atoms with Gasteiger partial charge in [0.1, 0.15) is 22.6 Å². The largest absolute Gasteiger partial charge is 0.496 e. The minimum absolute atomic E-state index is 0.132. The maximum atomic E-state index is 12.9. The Hall–Kier alpha value is -2.12. The molecule has 0 bridgehead atoms. The number of aromatic nitrogens is 3. The Morgan fingerprint density at radius 1 is 1.52 bits per heavy atom. The second-order valence-corrected chi connectivity index (χ2v) is 5.94. The van der Waals surface area contributed by atoms with Gasteiger partial charge in [-0.25, -0.2) is 0 Å². The monoisotopic (exact) mass is 336 g/mol. The molecular weight excluding hydrogens is 320 g/mol. The normalized spacial score (nSPS) is 21.3. The number of benzene rings is 1. The van der Waals surface area contributed by atoms with Gasteiger partial charge in [-0.3, -0.25) is 4.79 Å². The van der Waals surface area contributed by atoms with Gasteiger partial charge in [-0.15, -0.1) is 0 Å². The van der Waals surface area contributed by atoms with Gasteiger partial charge in [0, 0.05) is 6.54 Å². The number of carbonyl (C=O) groups is 1. The van der Waals surface area contributed by atoms with Crippen LogP contribution in [0.2, 0.25) is 5.02 Å². The van der Waals surface area contributed by atoms with Crippen molar-refractivity contribution in [2.45, 2.75) is 18.4 Å². The van der Waals surface area contributed by atoms with E-state index in [0.717, 1.165) is 0 Å². The number of β-amino-alcohol motifs (C(OH)–C–C–N with tert-alkyl or cyclic N) is 1. The van der Waals surface area contributed by atoms with Crippen LogP contribution in [0.5, 0.6) is 5.75 Å². The third-order valence-corrected chi connectivity index (χ3v) is 4.37.